The highest BCUT2D eigenvalue weighted by Gasteiger charge is 2.31. The molecule has 1 aromatic carbocycles. The number of anilines is 1. The van der Waals surface area contributed by atoms with E-state index in [4.69, 9.17) is 4.74 Å². The average molecular weight is 487 g/mol. The van der Waals surface area contributed by atoms with Gasteiger partial charge in [-0.05, 0) is 58.4 Å². The van der Waals surface area contributed by atoms with Crippen LogP contribution in [-0.2, 0) is 14.8 Å². The van der Waals surface area contributed by atoms with Crippen LogP contribution in [0.3, 0.4) is 0 Å². The SMILES string of the molecule is CC.Cc1ccc(S(=O)(=O)n2cc(C)c3cc(N4CC(NC(=O)OC(C)(C)C)C4)cnc32)cc1. The van der Waals surface area contributed by atoms with Gasteiger partial charge in [-0.3, -0.25) is 0 Å². The number of benzene rings is 1. The molecule has 9 heteroatoms. The number of fused-ring (bicyclic) bond motifs is 1. The largest absolute Gasteiger partial charge is 0.444 e. The standard InChI is InChI=1S/C23H28N4O4S.C2H6/c1-15-6-8-19(9-7-15)32(29,30)27-12-16(2)20-10-18(11-24-21(20)27)26-13-17(14-26)25-22(28)31-23(3,4)5;1-2/h6-12,17H,13-14H2,1-5H3,(H,25,28);1-2H3. The lowest BCUT2D eigenvalue weighted by molar-refractivity contribution is 0.0496. The van der Waals surface area contributed by atoms with E-state index in [1.165, 1.54) is 3.97 Å². The predicted octanol–water partition coefficient (Wildman–Crippen LogP) is 4.63. The second-order valence-corrected chi connectivity index (χ2v) is 11.1. The Morgan fingerprint density at radius 3 is 2.32 bits per heavy atom. The van der Waals surface area contributed by atoms with E-state index in [1.54, 1.807) is 36.7 Å². The number of ether oxygens (including phenoxy) is 1. The molecule has 0 saturated carbocycles. The van der Waals surface area contributed by atoms with Crippen LogP contribution in [0.25, 0.3) is 11.0 Å². The van der Waals surface area contributed by atoms with Gasteiger partial charge in [-0.1, -0.05) is 31.5 Å². The second kappa shape index (κ2) is 9.66. The van der Waals surface area contributed by atoms with Gasteiger partial charge in [0.2, 0.25) is 0 Å². The number of alkyl carbamates (subject to hydrolysis) is 1. The summed E-state index contributed by atoms with van der Waals surface area (Å²) >= 11 is 0. The number of nitrogens with one attached hydrogen (secondary N) is 1. The van der Waals surface area contributed by atoms with Gasteiger partial charge in [-0.25, -0.2) is 22.2 Å². The minimum absolute atomic E-state index is 0.00634. The normalized spacial score (nSPS) is 14.3. The molecule has 1 amide bonds. The summed E-state index contributed by atoms with van der Waals surface area (Å²) in [6, 6.07) is 8.72. The molecule has 0 unspecified atom stereocenters. The van der Waals surface area contributed by atoms with Crippen molar-refractivity contribution in [2.75, 3.05) is 18.0 Å². The molecule has 1 aliphatic heterocycles. The lowest BCUT2D eigenvalue weighted by Crippen LogP contribution is -2.60. The minimum Gasteiger partial charge on any atom is -0.444 e. The highest BCUT2D eigenvalue weighted by atomic mass is 32.2. The quantitative estimate of drug-likeness (QED) is 0.578. The third kappa shape index (κ3) is 5.35. The summed E-state index contributed by atoms with van der Waals surface area (Å²) in [5.41, 5.74) is 2.57. The van der Waals surface area contributed by atoms with Crippen molar-refractivity contribution in [3.63, 3.8) is 0 Å². The van der Waals surface area contributed by atoms with Crippen molar-refractivity contribution in [2.24, 2.45) is 0 Å². The lowest BCUT2D eigenvalue weighted by atomic mass is 10.1. The molecule has 0 spiro atoms. The zero-order chi connectivity index (χ0) is 25.3. The van der Waals surface area contributed by atoms with Crippen molar-refractivity contribution in [1.82, 2.24) is 14.3 Å². The Labute approximate surface area is 202 Å². The molecule has 2 aromatic heterocycles. The molecule has 1 N–H and O–H groups in total. The van der Waals surface area contributed by atoms with Crippen molar-refractivity contribution in [3.8, 4) is 0 Å². The van der Waals surface area contributed by atoms with Crippen LogP contribution in [-0.4, -0.2) is 48.2 Å². The monoisotopic (exact) mass is 486 g/mol. The third-order valence-electron chi connectivity index (χ3n) is 5.34. The molecule has 8 nitrogen and oxygen atoms in total. The molecule has 0 atom stereocenters. The summed E-state index contributed by atoms with van der Waals surface area (Å²) in [5.74, 6) is 0. The molecule has 1 fully saturated rings. The van der Waals surface area contributed by atoms with Crippen LogP contribution in [0.4, 0.5) is 10.5 Å². The summed E-state index contributed by atoms with van der Waals surface area (Å²) in [7, 11) is -3.74. The number of hydrogen-bond acceptors (Lipinski definition) is 6. The van der Waals surface area contributed by atoms with E-state index < -0.39 is 21.7 Å². The molecule has 3 aromatic rings. The van der Waals surface area contributed by atoms with Gasteiger partial charge in [0, 0.05) is 24.7 Å². The molecule has 0 aliphatic carbocycles. The fourth-order valence-corrected chi connectivity index (χ4v) is 5.03. The highest BCUT2D eigenvalue weighted by Crippen LogP contribution is 2.29. The molecule has 4 rings (SSSR count). The Hall–Kier alpha value is -3.07. The first-order valence-corrected chi connectivity index (χ1v) is 12.9. The van der Waals surface area contributed by atoms with E-state index in [1.807, 2.05) is 54.5 Å². The maximum atomic E-state index is 13.2. The van der Waals surface area contributed by atoms with Crippen molar-refractivity contribution in [1.29, 1.82) is 0 Å². The number of aromatic nitrogens is 2. The first-order valence-electron chi connectivity index (χ1n) is 11.5. The molecule has 1 saturated heterocycles. The number of aryl methyl sites for hydroxylation is 2. The summed E-state index contributed by atoms with van der Waals surface area (Å²) in [4.78, 5) is 18.7. The van der Waals surface area contributed by atoms with Crippen LogP contribution in [0.5, 0.6) is 0 Å². The predicted molar refractivity (Wildman–Crippen MR) is 135 cm³/mol. The van der Waals surface area contributed by atoms with Crippen LogP contribution >= 0.6 is 0 Å². The zero-order valence-electron chi connectivity index (χ0n) is 20.9. The summed E-state index contributed by atoms with van der Waals surface area (Å²) < 4.78 is 32.9. The summed E-state index contributed by atoms with van der Waals surface area (Å²) in [6.45, 7) is 14.5. The van der Waals surface area contributed by atoms with Crippen LogP contribution in [0.2, 0.25) is 0 Å². The van der Waals surface area contributed by atoms with Gasteiger partial charge in [0.15, 0.2) is 5.65 Å². The lowest BCUT2D eigenvalue weighted by Gasteiger charge is -2.41. The second-order valence-electron chi connectivity index (χ2n) is 9.24. The molecule has 1 aliphatic rings. The van der Waals surface area contributed by atoms with Crippen molar-refractivity contribution in [2.45, 2.75) is 65.0 Å². The number of amides is 1. The number of pyridine rings is 1. The number of nitrogens with zero attached hydrogens (tertiary/aromatic N) is 3. The fraction of sp³-hybridized carbons (Fsp3) is 0.440. The maximum Gasteiger partial charge on any atom is 0.407 e. The van der Waals surface area contributed by atoms with Gasteiger partial charge in [-0.15, -0.1) is 0 Å². The van der Waals surface area contributed by atoms with Crippen molar-refractivity contribution in [3.05, 3.63) is 53.9 Å². The topological polar surface area (TPSA) is 93.5 Å². The smallest absolute Gasteiger partial charge is 0.407 e. The molecule has 34 heavy (non-hydrogen) atoms. The highest BCUT2D eigenvalue weighted by molar-refractivity contribution is 7.90. The van der Waals surface area contributed by atoms with Crippen LogP contribution in [0, 0.1) is 13.8 Å². The van der Waals surface area contributed by atoms with Crippen molar-refractivity contribution < 1.29 is 17.9 Å². The molecular weight excluding hydrogens is 452 g/mol. The summed E-state index contributed by atoms with van der Waals surface area (Å²) in [6.07, 6.45) is 2.86. The molecule has 184 valence electrons. The summed E-state index contributed by atoms with van der Waals surface area (Å²) in [5, 5.41) is 3.64. The van der Waals surface area contributed by atoms with Crippen molar-refractivity contribution >= 4 is 32.8 Å². The first kappa shape index (κ1) is 25.6. The van der Waals surface area contributed by atoms with Gasteiger partial charge < -0.3 is 15.0 Å². The zero-order valence-corrected chi connectivity index (χ0v) is 21.7. The van der Waals surface area contributed by atoms with E-state index in [0.717, 1.165) is 22.2 Å². The number of rotatable bonds is 4. The third-order valence-corrected chi connectivity index (χ3v) is 7.01. The number of carbonyl (C=O) groups excluding carboxylic acids is 1. The number of carbonyl (C=O) groups is 1. The number of hydrogen-bond donors (Lipinski definition) is 1. The Bertz CT molecular complexity index is 1270. The molecule has 3 heterocycles. The van der Waals surface area contributed by atoms with E-state index in [-0.39, 0.29) is 10.9 Å². The van der Waals surface area contributed by atoms with E-state index in [0.29, 0.717) is 18.7 Å². The Balaban J connectivity index is 0.00000158. The fourth-order valence-electron chi connectivity index (χ4n) is 3.65. The van der Waals surface area contributed by atoms with Crippen LogP contribution in [0.15, 0.2) is 47.6 Å². The van der Waals surface area contributed by atoms with E-state index in [2.05, 4.69) is 15.2 Å². The van der Waals surface area contributed by atoms with Gasteiger partial charge in [0.05, 0.1) is 22.8 Å². The van der Waals surface area contributed by atoms with E-state index in [9.17, 15) is 13.2 Å². The molecule has 0 radical (unpaired) electrons. The van der Waals surface area contributed by atoms with Crippen LogP contribution < -0.4 is 10.2 Å². The first-order chi connectivity index (χ1) is 15.9. The van der Waals surface area contributed by atoms with Gasteiger partial charge >= 0.3 is 6.09 Å². The Morgan fingerprint density at radius 1 is 1.12 bits per heavy atom. The Morgan fingerprint density at radius 2 is 1.74 bits per heavy atom. The molecule has 0 bridgehead atoms. The van der Waals surface area contributed by atoms with Gasteiger partial charge in [-0.2, -0.15) is 0 Å². The Kier molecular flexibility index (Phi) is 7.26. The van der Waals surface area contributed by atoms with Crippen LogP contribution in [0.1, 0.15) is 45.7 Å². The minimum atomic E-state index is -3.74. The van der Waals surface area contributed by atoms with Gasteiger partial charge in [0.1, 0.15) is 5.60 Å². The van der Waals surface area contributed by atoms with E-state index >= 15 is 0 Å². The molecular formula is C25H34N4O4S. The average Bonchev–Trinajstić information content (AvgIpc) is 3.08. The van der Waals surface area contributed by atoms with Gasteiger partial charge in [0.25, 0.3) is 10.0 Å². The maximum absolute atomic E-state index is 13.2.